The SMILES string of the molecule is CC(C)(C)OC(=O)N(CCCCCCOCCCCc1ccccc1)CC(O)c1ccc(OC(O[PH2]=O)(OC(C)(C)C)OC(C)(C)C)c(C=O)c1. The van der Waals surface area contributed by atoms with E-state index in [0.717, 1.165) is 51.6 Å². The molecule has 0 aliphatic heterocycles. The zero-order valence-electron chi connectivity index (χ0n) is 32.2. The number of aliphatic hydroxyl groups excluding tert-OH is 1. The smallest absolute Gasteiger partial charge is 0.444 e. The van der Waals surface area contributed by atoms with Gasteiger partial charge in [-0.25, -0.2) is 9.32 Å². The first-order chi connectivity index (χ1) is 23.9. The highest BCUT2D eigenvalue weighted by molar-refractivity contribution is 7.17. The van der Waals surface area contributed by atoms with Crippen LogP contribution in [-0.2, 0) is 34.5 Å². The lowest BCUT2D eigenvalue weighted by atomic mass is 10.0. The lowest BCUT2D eigenvalue weighted by Gasteiger charge is -2.39. The minimum atomic E-state index is -2.21. The Labute approximate surface area is 306 Å². The molecule has 2 aromatic carbocycles. The molecule has 51 heavy (non-hydrogen) atoms. The van der Waals surface area contributed by atoms with Crippen LogP contribution in [0.3, 0.4) is 0 Å². The van der Waals surface area contributed by atoms with Gasteiger partial charge in [0, 0.05) is 19.8 Å². The molecule has 0 fully saturated rings. The van der Waals surface area contributed by atoms with Crippen molar-refractivity contribution in [1.82, 2.24) is 4.90 Å². The summed E-state index contributed by atoms with van der Waals surface area (Å²) in [4.78, 5) is 26.9. The Balaban J connectivity index is 2.01. The van der Waals surface area contributed by atoms with Gasteiger partial charge in [-0.3, -0.25) is 18.8 Å². The summed E-state index contributed by atoms with van der Waals surface area (Å²) in [5.74, 6) is 0.0301. The lowest BCUT2D eigenvalue weighted by Crippen LogP contribution is -2.51. The molecule has 288 valence electrons. The van der Waals surface area contributed by atoms with Crippen molar-refractivity contribution in [2.75, 3.05) is 26.3 Å². The first-order valence-electron chi connectivity index (χ1n) is 17.9. The number of ether oxygens (including phenoxy) is 5. The predicted molar refractivity (Wildman–Crippen MR) is 200 cm³/mol. The van der Waals surface area contributed by atoms with Crippen LogP contribution >= 0.6 is 8.69 Å². The summed E-state index contributed by atoms with van der Waals surface area (Å²) in [6, 6.07) is 15.0. The quantitative estimate of drug-likeness (QED) is 0.0543. The summed E-state index contributed by atoms with van der Waals surface area (Å²) in [6.45, 7) is 17.7. The normalized spacial score (nSPS) is 13.4. The number of amides is 1. The number of carbonyl (C=O) groups excluding carboxylic acids is 2. The summed E-state index contributed by atoms with van der Waals surface area (Å²) in [6.07, 6.45) is 3.37. The maximum atomic E-state index is 13.2. The van der Waals surface area contributed by atoms with Gasteiger partial charge in [0.2, 0.25) is 0 Å². The fraction of sp³-hybridized carbons (Fsp3) is 0.641. The number of unbranched alkanes of at least 4 members (excludes halogenated alkanes) is 4. The van der Waals surface area contributed by atoms with Gasteiger partial charge in [-0.1, -0.05) is 49.2 Å². The molecule has 0 heterocycles. The molecule has 0 spiro atoms. The monoisotopic (exact) mass is 735 g/mol. The molecule has 2 aromatic rings. The molecule has 11 nitrogen and oxygen atoms in total. The Bertz CT molecular complexity index is 1320. The van der Waals surface area contributed by atoms with Gasteiger partial charge in [0.15, 0.2) is 15.0 Å². The van der Waals surface area contributed by atoms with Crippen LogP contribution in [0.1, 0.15) is 128 Å². The average molecular weight is 736 g/mol. The molecule has 0 aliphatic carbocycles. The fourth-order valence-corrected chi connectivity index (χ4v) is 5.34. The number of hydrogen-bond acceptors (Lipinski definition) is 10. The minimum absolute atomic E-state index is 0.0301. The van der Waals surface area contributed by atoms with Crippen LogP contribution in [0.2, 0.25) is 0 Å². The first kappa shape index (κ1) is 44.4. The van der Waals surface area contributed by atoms with Gasteiger partial charge in [-0.05, 0) is 118 Å². The number of rotatable bonds is 22. The second-order valence-electron chi connectivity index (χ2n) is 15.6. The predicted octanol–water partition coefficient (Wildman–Crippen LogP) is 8.68. The lowest BCUT2D eigenvalue weighted by molar-refractivity contribution is -0.478. The number of aldehydes is 1. The van der Waals surface area contributed by atoms with E-state index in [9.17, 15) is 19.3 Å². The standard InChI is InChI=1S/C39H62NO10P/c1-36(2,3)47-35(43)40(24-16-10-11-17-25-45-26-18-15-21-30-19-13-12-14-20-30)28-33(42)31-22-23-34(32(27-31)29-41)46-39(50-51-44,48-37(4,5)6)49-38(7,8)9/h12-14,19-20,22-23,27,29,33,42H,10-11,15-18,21,24-26,28,51H2,1-9H3. The molecule has 0 saturated heterocycles. The molecule has 12 heteroatoms. The second-order valence-corrected chi connectivity index (χ2v) is 16.0. The molecule has 2 atom stereocenters. The van der Waals surface area contributed by atoms with E-state index in [-0.39, 0.29) is 17.9 Å². The third-order valence-electron chi connectivity index (χ3n) is 7.19. The summed E-state index contributed by atoms with van der Waals surface area (Å²) in [7, 11) is -1.83. The van der Waals surface area contributed by atoms with Gasteiger partial charge < -0.3 is 24.2 Å². The zero-order chi connectivity index (χ0) is 38.1. The summed E-state index contributed by atoms with van der Waals surface area (Å²) in [5.41, 5.74) is -0.611. The Kier molecular flexibility index (Phi) is 18.3. The van der Waals surface area contributed by atoms with Crippen LogP contribution in [0.15, 0.2) is 48.5 Å². The molecular weight excluding hydrogens is 673 g/mol. The molecule has 2 rings (SSSR count). The summed E-state index contributed by atoms with van der Waals surface area (Å²) >= 11 is 0. The van der Waals surface area contributed by atoms with E-state index in [1.807, 2.05) is 6.07 Å². The fourth-order valence-electron chi connectivity index (χ4n) is 5.08. The van der Waals surface area contributed by atoms with E-state index in [2.05, 4.69) is 24.3 Å². The van der Waals surface area contributed by atoms with Crippen molar-refractivity contribution < 1.29 is 47.5 Å². The largest absolute Gasteiger partial charge is 0.467 e. The van der Waals surface area contributed by atoms with Crippen LogP contribution in [0.25, 0.3) is 0 Å². The van der Waals surface area contributed by atoms with Crippen LogP contribution in [0.4, 0.5) is 4.79 Å². The number of aliphatic hydroxyl groups is 1. The highest BCUT2D eigenvalue weighted by atomic mass is 31.1. The molecule has 0 radical (unpaired) electrons. The zero-order valence-corrected chi connectivity index (χ0v) is 33.4. The maximum absolute atomic E-state index is 13.2. The van der Waals surface area contributed by atoms with E-state index in [1.165, 1.54) is 22.6 Å². The Morgan fingerprint density at radius 3 is 2.00 bits per heavy atom. The number of benzene rings is 2. The minimum Gasteiger partial charge on any atom is -0.444 e. The average Bonchev–Trinajstić information content (AvgIpc) is 3.01. The highest BCUT2D eigenvalue weighted by Crippen LogP contribution is 2.35. The number of nitrogens with zero attached hydrogens (tertiary/aromatic N) is 1. The van der Waals surface area contributed by atoms with E-state index in [4.69, 9.17) is 28.2 Å². The van der Waals surface area contributed by atoms with Crippen molar-refractivity contribution in [1.29, 1.82) is 0 Å². The van der Waals surface area contributed by atoms with Crippen LogP contribution in [0, 0.1) is 0 Å². The van der Waals surface area contributed by atoms with E-state index >= 15 is 0 Å². The summed E-state index contributed by atoms with van der Waals surface area (Å²) < 4.78 is 46.6. The Morgan fingerprint density at radius 2 is 1.43 bits per heavy atom. The van der Waals surface area contributed by atoms with Crippen molar-refractivity contribution in [3.63, 3.8) is 0 Å². The first-order valence-corrected chi connectivity index (χ1v) is 18.9. The van der Waals surface area contributed by atoms with E-state index in [0.29, 0.717) is 25.0 Å². The van der Waals surface area contributed by atoms with Crippen LogP contribution < -0.4 is 4.74 Å². The van der Waals surface area contributed by atoms with Crippen molar-refractivity contribution in [3.8, 4) is 5.75 Å². The molecule has 0 aromatic heterocycles. The molecule has 2 unspecified atom stereocenters. The van der Waals surface area contributed by atoms with Gasteiger partial charge in [0.25, 0.3) is 0 Å². The highest BCUT2D eigenvalue weighted by Gasteiger charge is 2.46. The summed E-state index contributed by atoms with van der Waals surface area (Å²) in [5, 5.41) is 11.3. The van der Waals surface area contributed by atoms with Gasteiger partial charge in [-0.15, -0.1) is 0 Å². The van der Waals surface area contributed by atoms with Crippen LogP contribution in [-0.4, -0.2) is 71.7 Å². The van der Waals surface area contributed by atoms with Gasteiger partial charge in [0.1, 0.15) is 11.4 Å². The van der Waals surface area contributed by atoms with E-state index < -0.39 is 43.8 Å². The number of aryl methyl sites for hydroxylation is 1. The van der Waals surface area contributed by atoms with Crippen molar-refractivity contribution in [3.05, 3.63) is 65.2 Å². The van der Waals surface area contributed by atoms with Gasteiger partial charge >= 0.3 is 12.3 Å². The third kappa shape index (κ3) is 18.5. The van der Waals surface area contributed by atoms with Crippen molar-refractivity contribution in [2.24, 2.45) is 0 Å². The third-order valence-corrected chi connectivity index (χ3v) is 7.58. The topological polar surface area (TPSA) is 130 Å². The molecular formula is C39H62NO10P. The van der Waals surface area contributed by atoms with Gasteiger partial charge in [0.05, 0.1) is 29.4 Å². The van der Waals surface area contributed by atoms with Crippen LogP contribution in [0.5, 0.6) is 5.75 Å². The number of hydrogen-bond donors (Lipinski definition) is 1. The molecule has 1 amide bonds. The van der Waals surface area contributed by atoms with Gasteiger partial charge in [-0.2, -0.15) is 0 Å². The molecule has 0 bridgehead atoms. The Morgan fingerprint density at radius 1 is 0.824 bits per heavy atom. The molecule has 1 N–H and O–H groups in total. The van der Waals surface area contributed by atoms with Crippen molar-refractivity contribution in [2.45, 2.75) is 136 Å². The van der Waals surface area contributed by atoms with Crippen molar-refractivity contribution >= 4 is 21.1 Å². The molecule has 0 saturated carbocycles. The van der Waals surface area contributed by atoms with E-state index in [1.54, 1.807) is 68.4 Å². The second kappa shape index (κ2) is 21.0. The molecule has 0 aliphatic rings. The maximum Gasteiger partial charge on any atom is 0.467 e. The number of carbonyl (C=O) groups is 2. The Hall–Kier alpha value is -2.79.